The van der Waals surface area contributed by atoms with E-state index in [1.807, 2.05) is 37.3 Å². The van der Waals surface area contributed by atoms with Gasteiger partial charge in [0.2, 0.25) is 11.7 Å². The first kappa shape index (κ1) is 19.5. The molecule has 146 valence electrons. The van der Waals surface area contributed by atoms with Gasteiger partial charge in [0.1, 0.15) is 6.54 Å². The Morgan fingerprint density at radius 1 is 1.14 bits per heavy atom. The molecule has 0 saturated heterocycles. The van der Waals surface area contributed by atoms with E-state index in [1.165, 1.54) is 10.4 Å². The predicted octanol–water partition coefficient (Wildman–Crippen LogP) is 2.60. The van der Waals surface area contributed by atoms with Crippen molar-refractivity contribution in [2.24, 2.45) is 0 Å². The number of aromatic nitrogens is 4. The second-order valence-electron chi connectivity index (χ2n) is 6.73. The van der Waals surface area contributed by atoms with Gasteiger partial charge in [-0.2, -0.15) is 4.80 Å². The first-order valence-corrected chi connectivity index (χ1v) is 9.49. The van der Waals surface area contributed by atoms with Crippen LogP contribution in [0.1, 0.15) is 18.1 Å². The van der Waals surface area contributed by atoms with Crippen molar-refractivity contribution in [3.8, 4) is 11.4 Å². The molecule has 7 heteroatoms. The number of carbonyl (C=O) groups excluding carboxylic acids is 1. The number of benzene rings is 2. The third-order valence-electron chi connectivity index (χ3n) is 4.58. The molecule has 0 unspecified atom stereocenters. The zero-order chi connectivity index (χ0) is 19.9. The molecule has 3 rings (SSSR count). The van der Waals surface area contributed by atoms with E-state index in [-0.39, 0.29) is 12.5 Å². The van der Waals surface area contributed by atoms with Crippen LogP contribution in [0.15, 0.2) is 48.5 Å². The SMILES string of the molecule is CCN(CCNC(=O)Cn1nnc(-c2ccccc2C)n1)c1cccc(C)c1. The number of aryl methyl sites for hydroxylation is 2. The Morgan fingerprint density at radius 2 is 1.96 bits per heavy atom. The van der Waals surface area contributed by atoms with Gasteiger partial charge in [0, 0.05) is 30.9 Å². The molecule has 28 heavy (non-hydrogen) atoms. The van der Waals surface area contributed by atoms with Crippen LogP contribution in [0, 0.1) is 13.8 Å². The van der Waals surface area contributed by atoms with Gasteiger partial charge in [0.25, 0.3) is 0 Å². The quantitative estimate of drug-likeness (QED) is 0.652. The number of hydrogen-bond donors (Lipinski definition) is 1. The fourth-order valence-electron chi connectivity index (χ4n) is 3.05. The molecule has 1 aromatic heterocycles. The Labute approximate surface area is 165 Å². The third kappa shape index (κ3) is 4.94. The molecular formula is C21H26N6O. The van der Waals surface area contributed by atoms with Gasteiger partial charge in [-0.05, 0) is 49.2 Å². The Bertz CT molecular complexity index is 936. The van der Waals surface area contributed by atoms with Crippen molar-refractivity contribution in [3.63, 3.8) is 0 Å². The molecular weight excluding hydrogens is 352 g/mol. The van der Waals surface area contributed by atoms with Crippen LogP contribution in [-0.4, -0.2) is 45.7 Å². The van der Waals surface area contributed by atoms with Crippen LogP contribution in [0.25, 0.3) is 11.4 Å². The summed E-state index contributed by atoms with van der Waals surface area (Å²) >= 11 is 0. The molecule has 0 spiro atoms. The Hall–Kier alpha value is -3.22. The molecule has 3 aromatic rings. The van der Waals surface area contributed by atoms with E-state index in [9.17, 15) is 4.79 Å². The molecule has 0 aliphatic carbocycles. The van der Waals surface area contributed by atoms with Crippen LogP contribution in [-0.2, 0) is 11.3 Å². The number of carbonyl (C=O) groups is 1. The van der Waals surface area contributed by atoms with Gasteiger partial charge in [-0.25, -0.2) is 0 Å². The average molecular weight is 378 g/mol. The molecule has 7 nitrogen and oxygen atoms in total. The number of nitrogens with zero attached hydrogens (tertiary/aromatic N) is 5. The van der Waals surface area contributed by atoms with E-state index in [0.29, 0.717) is 12.4 Å². The van der Waals surface area contributed by atoms with E-state index in [2.05, 4.69) is 57.7 Å². The van der Waals surface area contributed by atoms with Crippen molar-refractivity contribution < 1.29 is 4.79 Å². The van der Waals surface area contributed by atoms with Crippen LogP contribution >= 0.6 is 0 Å². The minimum atomic E-state index is -0.131. The fraction of sp³-hybridized carbons (Fsp3) is 0.333. The number of anilines is 1. The van der Waals surface area contributed by atoms with Crippen molar-refractivity contribution >= 4 is 11.6 Å². The molecule has 1 amide bonds. The molecule has 0 radical (unpaired) electrons. The molecule has 1 heterocycles. The Kier molecular flexibility index (Phi) is 6.37. The van der Waals surface area contributed by atoms with Crippen LogP contribution in [0.4, 0.5) is 5.69 Å². The summed E-state index contributed by atoms with van der Waals surface area (Å²) in [6.45, 7) is 8.41. The second kappa shape index (κ2) is 9.12. The highest BCUT2D eigenvalue weighted by Crippen LogP contribution is 2.18. The van der Waals surface area contributed by atoms with Gasteiger partial charge in [-0.3, -0.25) is 4.79 Å². The fourth-order valence-corrected chi connectivity index (χ4v) is 3.05. The smallest absolute Gasteiger partial charge is 0.243 e. The monoisotopic (exact) mass is 378 g/mol. The number of amides is 1. The van der Waals surface area contributed by atoms with E-state index in [1.54, 1.807) is 0 Å². The minimum absolute atomic E-state index is 0.0510. The first-order chi connectivity index (χ1) is 13.6. The van der Waals surface area contributed by atoms with Gasteiger partial charge >= 0.3 is 0 Å². The zero-order valence-electron chi connectivity index (χ0n) is 16.6. The number of tetrazole rings is 1. The van der Waals surface area contributed by atoms with Crippen molar-refractivity contribution in [1.82, 2.24) is 25.5 Å². The summed E-state index contributed by atoms with van der Waals surface area (Å²) < 4.78 is 0. The maximum absolute atomic E-state index is 12.2. The van der Waals surface area contributed by atoms with E-state index in [0.717, 1.165) is 29.9 Å². The number of hydrogen-bond acceptors (Lipinski definition) is 5. The average Bonchev–Trinajstić information content (AvgIpc) is 3.13. The lowest BCUT2D eigenvalue weighted by atomic mass is 10.1. The Morgan fingerprint density at radius 3 is 2.71 bits per heavy atom. The number of likely N-dealkylation sites (N-methyl/N-ethyl adjacent to an activating group) is 1. The van der Waals surface area contributed by atoms with Crippen LogP contribution < -0.4 is 10.2 Å². The summed E-state index contributed by atoms with van der Waals surface area (Å²) in [4.78, 5) is 15.8. The van der Waals surface area contributed by atoms with Crippen LogP contribution in [0.3, 0.4) is 0 Å². The second-order valence-corrected chi connectivity index (χ2v) is 6.73. The van der Waals surface area contributed by atoms with Crippen molar-refractivity contribution in [1.29, 1.82) is 0 Å². The van der Waals surface area contributed by atoms with Gasteiger partial charge < -0.3 is 10.2 Å². The predicted molar refractivity (Wildman–Crippen MR) is 110 cm³/mol. The van der Waals surface area contributed by atoms with Crippen molar-refractivity contribution in [3.05, 3.63) is 59.7 Å². The minimum Gasteiger partial charge on any atom is -0.370 e. The highest BCUT2D eigenvalue weighted by molar-refractivity contribution is 5.75. The highest BCUT2D eigenvalue weighted by Gasteiger charge is 2.11. The first-order valence-electron chi connectivity index (χ1n) is 9.49. The molecule has 2 aromatic carbocycles. The standard InChI is InChI=1S/C21H26N6O/c1-4-26(18-10-7-8-16(2)14-18)13-12-22-20(28)15-27-24-21(23-25-27)19-11-6-5-9-17(19)3/h5-11,14H,4,12-13,15H2,1-3H3,(H,22,28). The summed E-state index contributed by atoms with van der Waals surface area (Å²) in [5.41, 5.74) is 4.38. The summed E-state index contributed by atoms with van der Waals surface area (Å²) in [5.74, 6) is 0.400. The van der Waals surface area contributed by atoms with Gasteiger partial charge in [0.05, 0.1) is 0 Å². The molecule has 0 bridgehead atoms. The molecule has 0 aliphatic heterocycles. The summed E-state index contributed by atoms with van der Waals surface area (Å²) in [5, 5.41) is 15.3. The molecule has 0 aliphatic rings. The molecule has 0 atom stereocenters. The maximum atomic E-state index is 12.2. The number of nitrogens with one attached hydrogen (secondary N) is 1. The van der Waals surface area contributed by atoms with E-state index in [4.69, 9.17) is 0 Å². The highest BCUT2D eigenvalue weighted by atomic mass is 16.2. The zero-order valence-corrected chi connectivity index (χ0v) is 16.6. The topological polar surface area (TPSA) is 75.9 Å². The molecule has 0 saturated carbocycles. The normalized spacial score (nSPS) is 10.7. The molecule has 1 N–H and O–H groups in total. The lowest BCUT2D eigenvalue weighted by Crippen LogP contribution is -2.36. The third-order valence-corrected chi connectivity index (χ3v) is 4.58. The van der Waals surface area contributed by atoms with Crippen molar-refractivity contribution in [2.45, 2.75) is 27.3 Å². The number of rotatable bonds is 8. The summed E-state index contributed by atoms with van der Waals surface area (Å²) in [6, 6.07) is 16.2. The largest absolute Gasteiger partial charge is 0.370 e. The summed E-state index contributed by atoms with van der Waals surface area (Å²) in [6.07, 6.45) is 0. The van der Waals surface area contributed by atoms with E-state index >= 15 is 0 Å². The van der Waals surface area contributed by atoms with Gasteiger partial charge in [-0.15, -0.1) is 10.2 Å². The van der Waals surface area contributed by atoms with Gasteiger partial charge in [-0.1, -0.05) is 36.4 Å². The van der Waals surface area contributed by atoms with Gasteiger partial charge in [0.15, 0.2) is 0 Å². The summed E-state index contributed by atoms with van der Waals surface area (Å²) in [7, 11) is 0. The lowest BCUT2D eigenvalue weighted by molar-refractivity contribution is -0.122. The molecule has 0 fully saturated rings. The Balaban J connectivity index is 1.51. The van der Waals surface area contributed by atoms with Crippen molar-refractivity contribution in [2.75, 3.05) is 24.5 Å². The van der Waals surface area contributed by atoms with Crippen LogP contribution in [0.2, 0.25) is 0 Å². The lowest BCUT2D eigenvalue weighted by Gasteiger charge is -2.23. The van der Waals surface area contributed by atoms with Crippen LogP contribution in [0.5, 0.6) is 0 Å². The maximum Gasteiger partial charge on any atom is 0.243 e. The van der Waals surface area contributed by atoms with E-state index < -0.39 is 0 Å².